The van der Waals surface area contributed by atoms with E-state index in [-0.39, 0.29) is 12.3 Å². The monoisotopic (exact) mass is 488 g/mol. The highest BCUT2D eigenvalue weighted by molar-refractivity contribution is 5.76. The molecule has 9 nitrogen and oxygen atoms in total. The van der Waals surface area contributed by atoms with Gasteiger partial charge in [-0.3, -0.25) is 4.79 Å². The van der Waals surface area contributed by atoms with Crippen LogP contribution < -0.4 is 19.5 Å². The molecule has 186 valence electrons. The zero-order valence-corrected chi connectivity index (χ0v) is 20.3. The fourth-order valence-corrected chi connectivity index (χ4v) is 3.36. The summed E-state index contributed by atoms with van der Waals surface area (Å²) < 4.78 is 22.0. The van der Waals surface area contributed by atoms with Gasteiger partial charge in [-0.05, 0) is 74.0 Å². The molecule has 2 heterocycles. The van der Waals surface area contributed by atoms with Crippen molar-refractivity contribution >= 4 is 5.91 Å². The zero-order chi connectivity index (χ0) is 25.2. The normalized spacial score (nSPS) is 10.6. The quantitative estimate of drug-likeness (QED) is 0.298. The molecule has 4 rings (SSSR count). The summed E-state index contributed by atoms with van der Waals surface area (Å²) in [5.41, 5.74) is 1.69. The third-order valence-electron chi connectivity index (χ3n) is 5.10. The van der Waals surface area contributed by atoms with Crippen LogP contribution in [0.25, 0.3) is 11.4 Å². The van der Waals surface area contributed by atoms with E-state index in [2.05, 4.69) is 20.4 Å². The molecule has 0 bridgehead atoms. The van der Waals surface area contributed by atoms with Crippen LogP contribution in [0.4, 0.5) is 0 Å². The van der Waals surface area contributed by atoms with Gasteiger partial charge in [-0.1, -0.05) is 5.16 Å². The molecule has 2 aromatic heterocycles. The molecule has 0 radical (unpaired) electrons. The average molecular weight is 489 g/mol. The number of aryl methyl sites for hydroxylation is 1. The largest absolute Gasteiger partial charge is 0.494 e. The number of hydrogen-bond donors (Lipinski definition) is 1. The number of benzene rings is 2. The first-order valence-electron chi connectivity index (χ1n) is 11.8. The number of hydrogen-bond acceptors (Lipinski definition) is 8. The molecule has 0 atom stereocenters. The first kappa shape index (κ1) is 24.7. The van der Waals surface area contributed by atoms with E-state index in [9.17, 15) is 4.79 Å². The number of carbonyl (C=O) groups excluding carboxylic acids is 1. The Morgan fingerprint density at radius 1 is 0.917 bits per heavy atom. The molecule has 0 fully saturated rings. The molecule has 0 saturated carbocycles. The van der Waals surface area contributed by atoms with Crippen molar-refractivity contribution in [1.82, 2.24) is 20.4 Å². The first-order valence-corrected chi connectivity index (χ1v) is 11.8. The van der Waals surface area contributed by atoms with Crippen LogP contribution >= 0.6 is 0 Å². The number of carbonyl (C=O) groups is 1. The zero-order valence-electron chi connectivity index (χ0n) is 20.3. The van der Waals surface area contributed by atoms with Crippen molar-refractivity contribution in [1.29, 1.82) is 0 Å². The third-order valence-corrected chi connectivity index (χ3v) is 5.10. The molecule has 2 aromatic carbocycles. The standard InChI is InChI=1S/C27H28N4O5/c1-3-33-21-7-5-20(6-8-21)27-30-25(36-31-27)14-13-24(32)29-18-19-15-16-28-26(17-19)35-23-11-9-22(10-12-23)34-4-2/h5-12,15-17H,3-4,13-14,18H2,1-2H3,(H,29,32). The molecule has 0 spiro atoms. The number of aromatic nitrogens is 3. The van der Waals surface area contributed by atoms with Gasteiger partial charge in [-0.25, -0.2) is 4.98 Å². The Labute approximate surface area is 209 Å². The molecule has 0 aliphatic heterocycles. The molecule has 36 heavy (non-hydrogen) atoms. The lowest BCUT2D eigenvalue weighted by Crippen LogP contribution is -2.23. The summed E-state index contributed by atoms with van der Waals surface area (Å²) in [4.78, 5) is 21.0. The van der Waals surface area contributed by atoms with Crippen molar-refractivity contribution in [3.8, 4) is 34.5 Å². The van der Waals surface area contributed by atoms with Gasteiger partial charge in [-0.2, -0.15) is 4.98 Å². The predicted molar refractivity (Wildman–Crippen MR) is 133 cm³/mol. The Morgan fingerprint density at radius 2 is 1.58 bits per heavy atom. The Kier molecular flexibility index (Phi) is 8.48. The summed E-state index contributed by atoms with van der Waals surface area (Å²) in [6, 6.07) is 18.4. The maximum absolute atomic E-state index is 12.4. The number of nitrogens with zero attached hydrogens (tertiary/aromatic N) is 3. The van der Waals surface area contributed by atoms with Gasteiger partial charge < -0.3 is 24.1 Å². The SMILES string of the molecule is CCOc1ccc(Oc2cc(CNC(=O)CCc3nc(-c4ccc(OCC)cc4)no3)ccn2)cc1. The Morgan fingerprint density at radius 3 is 2.28 bits per heavy atom. The second kappa shape index (κ2) is 12.3. The third kappa shape index (κ3) is 7.05. The second-order valence-corrected chi connectivity index (χ2v) is 7.75. The van der Waals surface area contributed by atoms with E-state index in [1.165, 1.54) is 0 Å². The summed E-state index contributed by atoms with van der Waals surface area (Å²) in [5, 5.41) is 6.90. The average Bonchev–Trinajstić information content (AvgIpc) is 3.38. The Hall–Kier alpha value is -4.40. The summed E-state index contributed by atoms with van der Waals surface area (Å²) in [6.45, 7) is 5.43. The van der Waals surface area contributed by atoms with Crippen LogP contribution in [-0.2, 0) is 17.8 Å². The van der Waals surface area contributed by atoms with Crippen molar-refractivity contribution in [3.63, 3.8) is 0 Å². The molecule has 0 aliphatic carbocycles. The van der Waals surface area contributed by atoms with E-state index < -0.39 is 0 Å². The van der Waals surface area contributed by atoms with E-state index in [0.29, 0.717) is 49.5 Å². The number of ether oxygens (including phenoxy) is 3. The van der Waals surface area contributed by atoms with Crippen LogP contribution in [0.1, 0.15) is 31.7 Å². The molecule has 4 aromatic rings. The number of pyridine rings is 1. The maximum Gasteiger partial charge on any atom is 0.227 e. The fraction of sp³-hybridized carbons (Fsp3) is 0.259. The van der Waals surface area contributed by atoms with E-state index in [4.69, 9.17) is 18.7 Å². The lowest BCUT2D eigenvalue weighted by molar-refractivity contribution is -0.121. The lowest BCUT2D eigenvalue weighted by Gasteiger charge is -2.09. The van der Waals surface area contributed by atoms with Crippen LogP contribution in [-0.4, -0.2) is 34.2 Å². The smallest absolute Gasteiger partial charge is 0.227 e. The van der Waals surface area contributed by atoms with Gasteiger partial charge in [0.05, 0.1) is 13.2 Å². The van der Waals surface area contributed by atoms with Crippen LogP contribution in [0.15, 0.2) is 71.4 Å². The molecule has 1 N–H and O–H groups in total. The van der Waals surface area contributed by atoms with Gasteiger partial charge in [0.2, 0.25) is 23.5 Å². The van der Waals surface area contributed by atoms with Gasteiger partial charge >= 0.3 is 0 Å². The van der Waals surface area contributed by atoms with Crippen LogP contribution in [0.5, 0.6) is 23.1 Å². The Bertz CT molecular complexity index is 1260. The lowest BCUT2D eigenvalue weighted by atomic mass is 10.2. The highest BCUT2D eigenvalue weighted by Gasteiger charge is 2.11. The summed E-state index contributed by atoms with van der Waals surface area (Å²) >= 11 is 0. The van der Waals surface area contributed by atoms with Crippen molar-refractivity contribution in [3.05, 3.63) is 78.3 Å². The number of amides is 1. The van der Waals surface area contributed by atoms with Crippen LogP contribution in [0.3, 0.4) is 0 Å². The Balaban J connectivity index is 1.24. The van der Waals surface area contributed by atoms with E-state index >= 15 is 0 Å². The van der Waals surface area contributed by atoms with Gasteiger partial charge in [0.1, 0.15) is 17.2 Å². The minimum absolute atomic E-state index is 0.124. The minimum atomic E-state index is -0.124. The van der Waals surface area contributed by atoms with Crippen LogP contribution in [0.2, 0.25) is 0 Å². The van der Waals surface area contributed by atoms with Gasteiger partial charge in [0.25, 0.3) is 0 Å². The predicted octanol–water partition coefficient (Wildman–Crippen LogP) is 4.97. The number of rotatable bonds is 12. The van der Waals surface area contributed by atoms with Crippen molar-refractivity contribution in [2.45, 2.75) is 33.2 Å². The van der Waals surface area contributed by atoms with E-state index in [1.807, 2.05) is 68.4 Å². The molecule has 1 amide bonds. The van der Waals surface area contributed by atoms with Gasteiger partial charge in [-0.15, -0.1) is 0 Å². The minimum Gasteiger partial charge on any atom is -0.494 e. The highest BCUT2D eigenvalue weighted by atomic mass is 16.5. The molecule has 0 saturated heterocycles. The summed E-state index contributed by atoms with van der Waals surface area (Å²) in [5.74, 6) is 3.42. The molecule has 0 aliphatic rings. The van der Waals surface area contributed by atoms with Crippen LogP contribution in [0, 0.1) is 0 Å². The summed E-state index contributed by atoms with van der Waals surface area (Å²) in [7, 11) is 0. The second-order valence-electron chi connectivity index (χ2n) is 7.75. The molecule has 0 unspecified atom stereocenters. The van der Waals surface area contributed by atoms with E-state index in [0.717, 1.165) is 22.6 Å². The van der Waals surface area contributed by atoms with Crippen molar-refractivity contribution in [2.75, 3.05) is 13.2 Å². The van der Waals surface area contributed by atoms with Crippen molar-refractivity contribution in [2.24, 2.45) is 0 Å². The number of nitrogens with one attached hydrogen (secondary N) is 1. The maximum atomic E-state index is 12.4. The molecular formula is C27H28N4O5. The van der Waals surface area contributed by atoms with Gasteiger partial charge in [0, 0.05) is 37.2 Å². The van der Waals surface area contributed by atoms with Crippen molar-refractivity contribution < 1.29 is 23.5 Å². The summed E-state index contributed by atoms with van der Waals surface area (Å²) in [6.07, 6.45) is 2.22. The molecule has 9 heteroatoms. The fourth-order valence-electron chi connectivity index (χ4n) is 3.36. The van der Waals surface area contributed by atoms with Gasteiger partial charge in [0.15, 0.2) is 0 Å². The van der Waals surface area contributed by atoms with E-state index in [1.54, 1.807) is 12.3 Å². The molecular weight excluding hydrogens is 460 g/mol. The topological polar surface area (TPSA) is 109 Å². The highest BCUT2D eigenvalue weighted by Crippen LogP contribution is 2.23. The first-order chi connectivity index (χ1) is 17.6.